The van der Waals surface area contributed by atoms with Crippen molar-refractivity contribution in [2.24, 2.45) is 0 Å². The van der Waals surface area contributed by atoms with Crippen LogP contribution in [0, 0.1) is 47.4 Å². The van der Waals surface area contributed by atoms with Gasteiger partial charge in [0, 0.05) is 12.8 Å². The van der Waals surface area contributed by atoms with Crippen LogP contribution in [-0.2, 0) is 0 Å². The van der Waals surface area contributed by atoms with E-state index in [2.05, 4.69) is 47.4 Å². The van der Waals surface area contributed by atoms with Crippen molar-refractivity contribution in [1.29, 1.82) is 0 Å². The van der Waals surface area contributed by atoms with Crippen LogP contribution in [-0.4, -0.2) is 0 Å². The van der Waals surface area contributed by atoms with E-state index in [1.54, 1.807) is 0 Å². The molecule has 0 spiro atoms. The van der Waals surface area contributed by atoms with Crippen molar-refractivity contribution in [2.45, 2.75) is 72.6 Å². The minimum absolute atomic E-state index is 0.897. The first-order valence-corrected chi connectivity index (χ1v) is 8.46. The highest BCUT2D eigenvalue weighted by molar-refractivity contribution is 5.53. The van der Waals surface area contributed by atoms with Gasteiger partial charge in [0.25, 0.3) is 0 Å². The Morgan fingerprint density at radius 1 is 0.565 bits per heavy atom. The molecule has 0 aromatic carbocycles. The number of allylic oxidation sites excluding steroid dienone is 4. The molecule has 0 fully saturated rings. The van der Waals surface area contributed by atoms with E-state index in [9.17, 15) is 0 Å². The van der Waals surface area contributed by atoms with Crippen molar-refractivity contribution in [3.05, 3.63) is 22.3 Å². The molecule has 0 aliphatic heterocycles. The summed E-state index contributed by atoms with van der Waals surface area (Å²) >= 11 is 0. The molecule has 0 atom stereocenters. The zero-order chi connectivity index (χ0) is 16.9. The molecular weight excluding hydrogens is 276 g/mol. The van der Waals surface area contributed by atoms with Gasteiger partial charge in [-0.25, -0.2) is 0 Å². The molecule has 0 N–H and O–H groups in total. The van der Waals surface area contributed by atoms with Gasteiger partial charge in [0.15, 0.2) is 0 Å². The lowest BCUT2D eigenvalue weighted by molar-refractivity contribution is 0.628. The molecule has 0 saturated heterocycles. The molecule has 1 aliphatic rings. The summed E-state index contributed by atoms with van der Waals surface area (Å²) in [5, 5.41) is 0. The van der Waals surface area contributed by atoms with Gasteiger partial charge in [-0.05, 0) is 64.2 Å². The van der Waals surface area contributed by atoms with Crippen LogP contribution in [0.25, 0.3) is 0 Å². The van der Waals surface area contributed by atoms with Gasteiger partial charge >= 0.3 is 0 Å². The molecule has 0 amide bonds. The summed E-state index contributed by atoms with van der Waals surface area (Å²) in [6.45, 7) is 8.17. The Bertz CT molecular complexity index is 638. The van der Waals surface area contributed by atoms with E-state index < -0.39 is 0 Å². The van der Waals surface area contributed by atoms with Crippen molar-refractivity contribution in [3.8, 4) is 47.4 Å². The van der Waals surface area contributed by atoms with Gasteiger partial charge < -0.3 is 0 Å². The van der Waals surface area contributed by atoms with E-state index in [0.717, 1.165) is 35.1 Å². The fourth-order valence-corrected chi connectivity index (χ4v) is 2.01. The molecule has 0 unspecified atom stereocenters. The smallest absolute Gasteiger partial charge is 0.0740 e. The lowest BCUT2D eigenvalue weighted by Crippen LogP contribution is -1.80. The molecule has 1 rings (SSSR count). The molecule has 1 aliphatic carbocycles. The van der Waals surface area contributed by atoms with Crippen LogP contribution in [0.15, 0.2) is 22.3 Å². The second kappa shape index (κ2) is 11.3. The minimum Gasteiger partial charge on any atom is -0.0972 e. The van der Waals surface area contributed by atoms with Crippen molar-refractivity contribution >= 4 is 0 Å². The number of hydrogen-bond donors (Lipinski definition) is 0. The number of rotatable bonds is 0. The fourth-order valence-electron chi connectivity index (χ4n) is 2.01. The molecule has 23 heavy (non-hydrogen) atoms. The summed E-state index contributed by atoms with van der Waals surface area (Å²) < 4.78 is 0. The maximum absolute atomic E-state index is 3.25. The quantitative estimate of drug-likeness (QED) is 0.524. The van der Waals surface area contributed by atoms with Crippen molar-refractivity contribution in [1.82, 2.24) is 0 Å². The van der Waals surface area contributed by atoms with E-state index >= 15 is 0 Å². The first-order chi connectivity index (χ1) is 11.1. The van der Waals surface area contributed by atoms with Crippen LogP contribution < -0.4 is 0 Å². The van der Waals surface area contributed by atoms with E-state index in [1.165, 1.54) is 32.1 Å². The third kappa shape index (κ3) is 8.67. The molecule has 118 valence electrons. The van der Waals surface area contributed by atoms with Gasteiger partial charge in [-0.3, -0.25) is 0 Å². The maximum atomic E-state index is 3.25. The molecule has 0 aromatic rings. The molecule has 0 bridgehead atoms. The van der Waals surface area contributed by atoms with Crippen molar-refractivity contribution in [3.63, 3.8) is 0 Å². The van der Waals surface area contributed by atoms with Crippen LogP contribution in [0.5, 0.6) is 0 Å². The van der Waals surface area contributed by atoms with Gasteiger partial charge in [0.2, 0.25) is 0 Å². The number of hydrogen-bond acceptors (Lipinski definition) is 0. The molecule has 0 radical (unpaired) electrons. The van der Waals surface area contributed by atoms with Crippen molar-refractivity contribution < 1.29 is 0 Å². The standard InChI is InChI=1S/C23H26/c1-20(2)22-16-12-10-8-6-5-7-9-11-13-17-23(21(3)4)19-15-14-18-22/h5-11H2,1-4H3. The molecule has 0 heteroatoms. The monoisotopic (exact) mass is 302 g/mol. The predicted octanol–water partition coefficient (Wildman–Crippen LogP) is 5.42. The summed E-state index contributed by atoms with van der Waals surface area (Å²) in [6, 6.07) is 0. The summed E-state index contributed by atoms with van der Waals surface area (Å²) in [4.78, 5) is 0. The molecule has 0 aromatic heterocycles. The Hall–Kier alpha value is -2.28. The summed E-state index contributed by atoms with van der Waals surface area (Å²) in [5.41, 5.74) is 4.08. The van der Waals surface area contributed by atoms with Gasteiger partial charge in [0.05, 0.1) is 11.1 Å². The summed E-state index contributed by atoms with van der Waals surface area (Å²) in [5.74, 6) is 24.9. The highest BCUT2D eigenvalue weighted by atomic mass is 14.0. The summed E-state index contributed by atoms with van der Waals surface area (Å²) in [7, 11) is 0. The topological polar surface area (TPSA) is 0 Å². The van der Waals surface area contributed by atoms with Crippen molar-refractivity contribution in [2.75, 3.05) is 0 Å². The highest BCUT2D eigenvalue weighted by Crippen LogP contribution is 2.08. The van der Waals surface area contributed by atoms with Crippen LogP contribution in [0.3, 0.4) is 0 Å². The second-order valence-corrected chi connectivity index (χ2v) is 6.12. The van der Waals surface area contributed by atoms with E-state index in [4.69, 9.17) is 0 Å². The molecule has 0 heterocycles. The van der Waals surface area contributed by atoms with Crippen LogP contribution in [0.1, 0.15) is 72.6 Å². The van der Waals surface area contributed by atoms with Crippen LogP contribution in [0.4, 0.5) is 0 Å². The molecule has 0 saturated carbocycles. The summed E-state index contributed by atoms with van der Waals surface area (Å²) in [6.07, 6.45) is 8.01. The van der Waals surface area contributed by atoms with E-state index in [0.29, 0.717) is 0 Å². The third-order valence-electron chi connectivity index (χ3n) is 3.47. The fraction of sp³-hybridized carbons (Fsp3) is 0.478. The highest BCUT2D eigenvalue weighted by Gasteiger charge is 1.93. The Balaban J connectivity index is 3.05. The largest absolute Gasteiger partial charge is 0.0972 e. The first-order valence-electron chi connectivity index (χ1n) is 8.46. The Kier molecular flexibility index (Phi) is 9.23. The minimum atomic E-state index is 0.897. The lowest BCUT2D eigenvalue weighted by Gasteiger charge is -1.97. The van der Waals surface area contributed by atoms with Gasteiger partial charge in [-0.2, -0.15) is 0 Å². The van der Waals surface area contributed by atoms with E-state index in [1.807, 2.05) is 27.7 Å². The van der Waals surface area contributed by atoms with Crippen LogP contribution >= 0.6 is 0 Å². The maximum Gasteiger partial charge on any atom is 0.0740 e. The van der Waals surface area contributed by atoms with Crippen LogP contribution in [0.2, 0.25) is 0 Å². The predicted molar refractivity (Wildman–Crippen MR) is 100 cm³/mol. The normalized spacial score (nSPS) is 15.3. The lowest BCUT2D eigenvalue weighted by atomic mass is 10.1. The molecular formula is C23H26. The van der Waals surface area contributed by atoms with Gasteiger partial charge in [-0.15, -0.1) is 0 Å². The second-order valence-electron chi connectivity index (χ2n) is 6.12. The first kappa shape index (κ1) is 18.8. The average Bonchev–Trinajstić information content (AvgIpc) is 2.51. The third-order valence-corrected chi connectivity index (χ3v) is 3.47. The SMILES string of the molecule is CC(C)=C1C#CC#CC(=C(C)C)C#CCCCCCCCC#C1. The Morgan fingerprint density at radius 3 is 1.35 bits per heavy atom. The van der Waals surface area contributed by atoms with E-state index in [-0.39, 0.29) is 0 Å². The zero-order valence-electron chi connectivity index (χ0n) is 14.9. The Labute approximate surface area is 142 Å². The molecule has 0 nitrogen and oxygen atoms in total. The Morgan fingerprint density at radius 2 is 0.957 bits per heavy atom. The van der Waals surface area contributed by atoms with Gasteiger partial charge in [-0.1, -0.05) is 54.1 Å². The van der Waals surface area contributed by atoms with Gasteiger partial charge in [0.1, 0.15) is 0 Å². The average molecular weight is 302 g/mol. The zero-order valence-corrected chi connectivity index (χ0v) is 14.9.